The average molecular weight is 374 g/mol. The molecule has 0 saturated heterocycles. The summed E-state index contributed by atoms with van der Waals surface area (Å²) in [4.78, 5) is 5.86. The lowest BCUT2D eigenvalue weighted by atomic mass is 9.89. The van der Waals surface area contributed by atoms with Crippen LogP contribution in [-0.2, 0) is 6.54 Å². The molecule has 1 aromatic rings. The molecule has 1 fully saturated rings. The van der Waals surface area contributed by atoms with Crippen molar-refractivity contribution in [1.82, 2.24) is 15.6 Å². The average Bonchev–Trinajstić information content (AvgIpc) is 3.33. The Morgan fingerprint density at radius 3 is 2.54 bits per heavy atom. The Hall–Kier alpha value is -1.42. The zero-order valence-corrected chi connectivity index (χ0v) is 17.9. The van der Waals surface area contributed by atoms with Crippen LogP contribution in [0.25, 0.3) is 0 Å². The van der Waals surface area contributed by atoms with Crippen molar-refractivity contribution in [2.75, 3.05) is 5.75 Å². The molecule has 1 aliphatic carbocycles. The minimum atomic E-state index is -0.265. The van der Waals surface area contributed by atoms with Gasteiger partial charge in [0.1, 0.15) is 0 Å². The SMILES string of the molecule is C=C(CC(C)(C)C)NC(C)(C)C(=C)NCc1ncccc1SCC1CC1. The molecule has 144 valence electrons. The van der Waals surface area contributed by atoms with Gasteiger partial charge in [-0.1, -0.05) is 33.9 Å². The van der Waals surface area contributed by atoms with Crippen LogP contribution in [0.4, 0.5) is 0 Å². The summed E-state index contributed by atoms with van der Waals surface area (Å²) in [7, 11) is 0. The fourth-order valence-electron chi connectivity index (χ4n) is 2.79. The van der Waals surface area contributed by atoms with Crippen molar-refractivity contribution < 1.29 is 0 Å². The number of nitrogens with one attached hydrogen (secondary N) is 2. The molecule has 1 aliphatic rings. The predicted octanol–water partition coefficient (Wildman–Crippen LogP) is 5.51. The van der Waals surface area contributed by atoms with Gasteiger partial charge in [-0.15, -0.1) is 11.8 Å². The van der Waals surface area contributed by atoms with E-state index in [1.54, 1.807) is 0 Å². The van der Waals surface area contributed by atoms with Crippen LogP contribution in [-0.4, -0.2) is 16.3 Å². The minimum Gasteiger partial charge on any atom is -0.381 e. The molecule has 2 rings (SSSR count). The van der Waals surface area contributed by atoms with E-state index in [0.29, 0.717) is 6.54 Å². The third-order valence-electron chi connectivity index (χ3n) is 4.48. The minimum absolute atomic E-state index is 0.219. The summed E-state index contributed by atoms with van der Waals surface area (Å²) in [5, 5.41) is 7.01. The molecule has 1 aromatic heterocycles. The lowest BCUT2D eigenvalue weighted by Gasteiger charge is -2.33. The quantitative estimate of drug-likeness (QED) is 0.531. The summed E-state index contributed by atoms with van der Waals surface area (Å²) in [5.41, 5.74) is 3.05. The molecule has 0 spiro atoms. The van der Waals surface area contributed by atoms with Gasteiger partial charge >= 0.3 is 0 Å². The van der Waals surface area contributed by atoms with Gasteiger partial charge in [0, 0.05) is 28.2 Å². The largest absolute Gasteiger partial charge is 0.381 e. The Morgan fingerprint density at radius 2 is 1.92 bits per heavy atom. The van der Waals surface area contributed by atoms with Crippen LogP contribution in [0, 0.1) is 11.3 Å². The third kappa shape index (κ3) is 7.06. The van der Waals surface area contributed by atoms with Crippen molar-refractivity contribution in [2.24, 2.45) is 11.3 Å². The number of aromatic nitrogens is 1. The Kier molecular flexibility index (Phi) is 6.84. The maximum Gasteiger partial charge on any atom is 0.0730 e. The first-order chi connectivity index (χ1) is 12.1. The second-order valence-corrected chi connectivity index (χ2v) is 10.2. The molecule has 4 heteroatoms. The number of hydrogen-bond acceptors (Lipinski definition) is 4. The van der Waals surface area contributed by atoms with Crippen LogP contribution < -0.4 is 10.6 Å². The highest BCUT2D eigenvalue weighted by molar-refractivity contribution is 7.99. The van der Waals surface area contributed by atoms with Crippen molar-refractivity contribution in [3.63, 3.8) is 0 Å². The summed E-state index contributed by atoms with van der Waals surface area (Å²) >= 11 is 1.93. The highest BCUT2D eigenvalue weighted by atomic mass is 32.2. The van der Waals surface area contributed by atoms with Crippen LogP contribution in [0.15, 0.2) is 47.8 Å². The van der Waals surface area contributed by atoms with Crippen molar-refractivity contribution >= 4 is 11.8 Å². The van der Waals surface area contributed by atoms with Gasteiger partial charge in [0.15, 0.2) is 0 Å². The summed E-state index contributed by atoms with van der Waals surface area (Å²) < 4.78 is 0. The fraction of sp³-hybridized carbons (Fsp3) is 0.591. The van der Waals surface area contributed by atoms with E-state index in [1.165, 1.54) is 23.5 Å². The van der Waals surface area contributed by atoms with Gasteiger partial charge in [-0.2, -0.15) is 0 Å². The molecule has 26 heavy (non-hydrogen) atoms. The number of hydrogen-bond donors (Lipinski definition) is 2. The molecule has 0 radical (unpaired) electrons. The van der Waals surface area contributed by atoms with Crippen molar-refractivity contribution in [3.8, 4) is 0 Å². The molecule has 2 N–H and O–H groups in total. The van der Waals surface area contributed by atoms with Crippen molar-refractivity contribution in [1.29, 1.82) is 0 Å². The van der Waals surface area contributed by atoms with Crippen molar-refractivity contribution in [3.05, 3.63) is 48.6 Å². The molecule has 0 aliphatic heterocycles. The molecule has 0 bridgehead atoms. The second kappa shape index (κ2) is 8.51. The topological polar surface area (TPSA) is 37.0 Å². The molecular weight excluding hydrogens is 338 g/mol. The Labute approximate surface area is 164 Å². The second-order valence-electron chi connectivity index (χ2n) is 9.13. The first kappa shape index (κ1) is 20.9. The zero-order chi connectivity index (χ0) is 19.4. The van der Waals surface area contributed by atoms with Crippen LogP contribution >= 0.6 is 11.8 Å². The number of rotatable bonds is 10. The molecular formula is C22H35N3S. The normalized spacial score (nSPS) is 14.8. The van der Waals surface area contributed by atoms with E-state index < -0.39 is 0 Å². The number of nitrogens with zero attached hydrogens (tertiary/aromatic N) is 1. The summed E-state index contributed by atoms with van der Waals surface area (Å²) in [5.74, 6) is 2.12. The number of thioether (sulfide) groups is 1. The standard InChI is InChI=1S/C22H35N3S/c1-16(13-21(3,4)5)25-22(6,7)17(2)24-14-19-20(9-8-12-23-19)26-15-18-10-11-18/h8-9,12,18,24-25H,1-2,10-11,13-15H2,3-7H3. The molecule has 0 aromatic carbocycles. The van der Waals surface area contributed by atoms with Gasteiger partial charge in [0.25, 0.3) is 0 Å². The van der Waals surface area contributed by atoms with Gasteiger partial charge < -0.3 is 10.6 Å². The Bertz CT molecular complexity index is 639. The van der Waals surface area contributed by atoms with Crippen LogP contribution in [0.1, 0.15) is 59.6 Å². The van der Waals surface area contributed by atoms with Gasteiger partial charge in [-0.3, -0.25) is 4.98 Å². The molecule has 0 atom stereocenters. The van der Waals surface area contributed by atoms with Crippen LogP contribution in [0.2, 0.25) is 0 Å². The molecule has 1 heterocycles. The van der Waals surface area contributed by atoms with E-state index in [9.17, 15) is 0 Å². The van der Waals surface area contributed by atoms with E-state index in [4.69, 9.17) is 0 Å². The summed E-state index contributed by atoms with van der Waals surface area (Å²) in [6.45, 7) is 20.1. The number of allylic oxidation sites excluding steroid dienone is 1. The van der Waals surface area contributed by atoms with Crippen molar-refractivity contribution in [2.45, 2.75) is 70.9 Å². The molecule has 0 unspecified atom stereocenters. The van der Waals surface area contributed by atoms with Gasteiger partial charge in [-0.25, -0.2) is 0 Å². The van der Waals surface area contributed by atoms with Crippen LogP contribution in [0.5, 0.6) is 0 Å². The predicted molar refractivity (Wildman–Crippen MR) is 114 cm³/mol. The molecule has 3 nitrogen and oxygen atoms in total. The van der Waals surface area contributed by atoms with E-state index in [1.807, 2.05) is 24.0 Å². The highest BCUT2D eigenvalue weighted by Crippen LogP contribution is 2.35. The lowest BCUT2D eigenvalue weighted by molar-refractivity contribution is 0.373. The van der Waals surface area contributed by atoms with E-state index >= 15 is 0 Å². The highest BCUT2D eigenvalue weighted by Gasteiger charge is 2.24. The number of pyridine rings is 1. The van der Waals surface area contributed by atoms with E-state index in [-0.39, 0.29) is 11.0 Å². The molecule has 1 saturated carbocycles. The van der Waals surface area contributed by atoms with E-state index in [0.717, 1.165) is 29.4 Å². The zero-order valence-electron chi connectivity index (χ0n) is 17.1. The summed E-state index contributed by atoms with van der Waals surface area (Å²) in [6, 6.07) is 4.20. The third-order valence-corrected chi connectivity index (χ3v) is 5.80. The first-order valence-corrected chi connectivity index (χ1v) is 10.5. The smallest absolute Gasteiger partial charge is 0.0730 e. The van der Waals surface area contributed by atoms with Gasteiger partial charge in [0.2, 0.25) is 0 Å². The monoisotopic (exact) mass is 373 g/mol. The first-order valence-electron chi connectivity index (χ1n) is 9.53. The molecule has 0 amide bonds. The van der Waals surface area contributed by atoms with Gasteiger partial charge in [0.05, 0.1) is 17.8 Å². The maximum atomic E-state index is 4.58. The summed E-state index contributed by atoms with van der Waals surface area (Å²) in [6.07, 6.45) is 5.58. The van der Waals surface area contributed by atoms with E-state index in [2.05, 4.69) is 69.5 Å². The lowest BCUT2D eigenvalue weighted by Crippen LogP contribution is -2.44. The maximum absolute atomic E-state index is 4.58. The Balaban J connectivity index is 1.89. The van der Waals surface area contributed by atoms with Gasteiger partial charge in [-0.05, 0) is 56.6 Å². The fourth-order valence-corrected chi connectivity index (χ4v) is 4.01. The van der Waals surface area contributed by atoms with Crippen LogP contribution in [0.3, 0.4) is 0 Å². The Morgan fingerprint density at radius 1 is 1.23 bits per heavy atom.